The van der Waals surface area contributed by atoms with Gasteiger partial charge in [-0.2, -0.15) is 0 Å². The quantitative estimate of drug-likeness (QED) is 0.490. The maximum atomic E-state index is 12.1. The molecule has 1 aromatic rings. The summed E-state index contributed by atoms with van der Waals surface area (Å²) in [6.45, 7) is 1.92. The smallest absolute Gasteiger partial charge is 0.244 e. The molecule has 0 aromatic heterocycles. The summed E-state index contributed by atoms with van der Waals surface area (Å²) in [4.78, 5) is 12.1. The molecule has 1 aromatic carbocycles. The first-order chi connectivity index (χ1) is 9.10. The van der Waals surface area contributed by atoms with Crippen LogP contribution in [0, 0.1) is 6.92 Å². The van der Waals surface area contributed by atoms with Crippen LogP contribution in [0.1, 0.15) is 30.4 Å². The van der Waals surface area contributed by atoms with Gasteiger partial charge in [-0.25, -0.2) is 5.84 Å². The molecule has 1 aliphatic rings. The Kier molecular flexibility index (Phi) is 3.66. The van der Waals surface area contributed by atoms with Crippen LogP contribution < -0.4 is 20.7 Å². The minimum atomic E-state index is -0.558. The van der Waals surface area contributed by atoms with Gasteiger partial charge < -0.3 is 9.47 Å². The van der Waals surface area contributed by atoms with E-state index in [0.717, 1.165) is 36.1 Å². The van der Waals surface area contributed by atoms with Gasteiger partial charge in [0.25, 0.3) is 0 Å². The van der Waals surface area contributed by atoms with E-state index in [1.54, 1.807) is 14.2 Å². The first-order valence-electron chi connectivity index (χ1n) is 6.34. The Morgan fingerprint density at radius 1 is 1.32 bits per heavy atom. The van der Waals surface area contributed by atoms with Crippen molar-refractivity contribution < 1.29 is 14.3 Å². The molecule has 19 heavy (non-hydrogen) atoms. The zero-order chi connectivity index (χ0) is 14.0. The van der Waals surface area contributed by atoms with Crippen molar-refractivity contribution in [3.63, 3.8) is 0 Å². The van der Waals surface area contributed by atoms with Crippen LogP contribution in [-0.2, 0) is 10.2 Å². The van der Waals surface area contributed by atoms with Crippen molar-refractivity contribution in [3.05, 3.63) is 23.3 Å². The molecule has 1 aliphatic carbocycles. The Balaban J connectivity index is 2.55. The van der Waals surface area contributed by atoms with Gasteiger partial charge in [0.2, 0.25) is 5.91 Å². The first-order valence-corrected chi connectivity index (χ1v) is 6.34. The molecule has 5 heteroatoms. The van der Waals surface area contributed by atoms with Crippen LogP contribution in [0.2, 0.25) is 0 Å². The van der Waals surface area contributed by atoms with Crippen LogP contribution >= 0.6 is 0 Å². The average Bonchev–Trinajstić information content (AvgIpc) is 2.37. The van der Waals surface area contributed by atoms with E-state index >= 15 is 0 Å². The predicted molar refractivity (Wildman–Crippen MR) is 72.1 cm³/mol. The largest absolute Gasteiger partial charge is 0.496 e. The maximum Gasteiger partial charge on any atom is 0.244 e. The second-order valence-electron chi connectivity index (χ2n) is 4.88. The molecule has 0 bridgehead atoms. The van der Waals surface area contributed by atoms with Crippen LogP contribution in [0.25, 0.3) is 0 Å². The van der Waals surface area contributed by atoms with Gasteiger partial charge >= 0.3 is 0 Å². The number of amides is 1. The van der Waals surface area contributed by atoms with E-state index in [9.17, 15) is 4.79 Å². The minimum Gasteiger partial charge on any atom is -0.496 e. The van der Waals surface area contributed by atoms with Gasteiger partial charge in [-0.3, -0.25) is 10.2 Å². The number of nitrogens with one attached hydrogen (secondary N) is 1. The zero-order valence-corrected chi connectivity index (χ0v) is 11.6. The van der Waals surface area contributed by atoms with E-state index in [1.807, 2.05) is 19.1 Å². The number of nitrogens with two attached hydrogens (primary N) is 1. The molecule has 1 amide bonds. The third-order valence-corrected chi connectivity index (χ3v) is 4.07. The number of carbonyl (C=O) groups excluding carboxylic acids is 1. The lowest BCUT2D eigenvalue weighted by atomic mass is 9.63. The van der Waals surface area contributed by atoms with Crippen LogP contribution in [0.5, 0.6) is 11.5 Å². The van der Waals surface area contributed by atoms with Crippen molar-refractivity contribution in [2.45, 2.75) is 31.6 Å². The number of hydrazine groups is 1. The average molecular weight is 264 g/mol. The van der Waals surface area contributed by atoms with Crippen molar-refractivity contribution >= 4 is 5.91 Å². The summed E-state index contributed by atoms with van der Waals surface area (Å²) in [5.74, 6) is 6.64. The lowest BCUT2D eigenvalue weighted by Gasteiger charge is -2.41. The highest BCUT2D eigenvalue weighted by Crippen LogP contribution is 2.49. The molecule has 3 N–H and O–H groups in total. The molecule has 1 fully saturated rings. The molecule has 104 valence electrons. The summed E-state index contributed by atoms with van der Waals surface area (Å²) in [6.07, 6.45) is 2.60. The fraction of sp³-hybridized carbons (Fsp3) is 0.500. The first kappa shape index (κ1) is 13.7. The Bertz CT molecular complexity index is 496. The molecule has 0 aliphatic heterocycles. The molecule has 2 rings (SSSR count). The number of ether oxygens (including phenoxy) is 2. The summed E-state index contributed by atoms with van der Waals surface area (Å²) >= 11 is 0. The summed E-state index contributed by atoms with van der Waals surface area (Å²) in [5.41, 5.74) is 3.51. The molecular weight excluding hydrogens is 244 g/mol. The van der Waals surface area contributed by atoms with Gasteiger partial charge in [0.05, 0.1) is 19.6 Å². The monoisotopic (exact) mass is 264 g/mol. The van der Waals surface area contributed by atoms with E-state index in [1.165, 1.54) is 0 Å². The fourth-order valence-electron chi connectivity index (χ4n) is 2.82. The summed E-state index contributed by atoms with van der Waals surface area (Å²) < 4.78 is 10.8. The van der Waals surface area contributed by atoms with Crippen molar-refractivity contribution in [1.82, 2.24) is 5.43 Å². The van der Waals surface area contributed by atoms with E-state index < -0.39 is 5.41 Å². The second kappa shape index (κ2) is 5.09. The Morgan fingerprint density at radius 3 is 2.42 bits per heavy atom. The Labute approximate surface area is 113 Å². The molecular formula is C14H20N2O3. The summed E-state index contributed by atoms with van der Waals surface area (Å²) in [6, 6.07) is 3.77. The zero-order valence-electron chi connectivity index (χ0n) is 11.6. The molecule has 0 spiro atoms. The van der Waals surface area contributed by atoms with Gasteiger partial charge in [-0.1, -0.05) is 12.5 Å². The van der Waals surface area contributed by atoms with Crippen LogP contribution in [0.4, 0.5) is 0 Å². The van der Waals surface area contributed by atoms with Gasteiger partial charge in [0, 0.05) is 11.1 Å². The number of carbonyl (C=O) groups is 1. The van der Waals surface area contributed by atoms with Gasteiger partial charge in [-0.15, -0.1) is 0 Å². The van der Waals surface area contributed by atoms with Crippen molar-refractivity contribution in [1.29, 1.82) is 0 Å². The maximum absolute atomic E-state index is 12.1. The Morgan fingerprint density at radius 2 is 2.00 bits per heavy atom. The van der Waals surface area contributed by atoms with Crippen LogP contribution in [0.15, 0.2) is 12.1 Å². The van der Waals surface area contributed by atoms with Gasteiger partial charge in [0.15, 0.2) is 0 Å². The van der Waals surface area contributed by atoms with Crippen LogP contribution in [0.3, 0.4) is 0 Å². The minimum absolute atomic E-state index is 0.151. The molecule has 0 atom stereocenters. The van der Waals surface area contributed by atoms with Crippen molar-refractivity contribution in [2.24, 2.45) is 5.84 Å². The molecule has 0 heterocycles. The van der Waals surface area contributed by atoms with Crippen molar-refractivity contribution in [3.8, 4) is 11.5 Å². The SMILES string of the molecule is COc1ccc(C2(C(=O)NN)CCC2)c(OC)c1C. The summed E-state index contributed by atoms with van der Waals surface area (Å²) in [5, 5.41) is 0. The summed E-state index contributed by atoms with van der Waals surface area (Å²) in [7, 11) is 3.23. The van der Waals surface area contributed by atoms with E-state index in [2.05, 4.69) is 5.43 Å². The van der Waals surface area contributed by atoms with Crippen LogP contribution in [-0.4, -0.2) is 20.1 Å². The molecule has 0 unspecified atom stereocenters. The second-order valence-corrected chi connectivity index (χ2v) is 4.88. The molecule has 0 saturated heterocycles. The number of hydrogen-bond acceptors (Lipinski definition) is 4. The normalized spacial score (nSPS) is 16.4. The predicted octanol–water partition coefficient (Wildman–Crippen LogP) is 1.42. The highest BCUT2D eigenvalue weighted by Gasteiger charge is 2.47. The van der Waals surface area contributed by atoms with E-state index in [-0.39, 0.29) is 5.91 Å². The third kappa shape index (κ3) is 1.94. The fourth-order valence-corrected chi connectivity index (χ4v) is 2.82. The lowest BCUT2D eigenvalue weighted by Crippen LogP contribution is -2.51. The molecule has 1 saturated carbocycles. The molecule has 0 radical (unpaired) electrons. The Hall–Kier alpha value is -1.75. The number of methoxy groups -OCH3 is 2. The third-order valence-electron chi connectivity index (χ3n) is 4.07. The van der Waals surface area contributed by atoms with E-state index in [4.69, 9.17) is 15.3 Å². The lowest BCUT2D eigenvalue weighted by molar-refractivity contribution is -0.130. The molecule has 5 nitrogen and oxygen atoms in total. The number of benzene rings is 1. The van der Waals surface area contributed by atoms with Gasteiger partial charge in [-0.05, 0) is 25.8 Å². The van der Waals surface area contributed by atoms with E-state index in [0.29, 0.717) is 5.75 Å². The van der Waals surface area contributed by atoms with Crippen molar-refractivity contribution in [2.75, 3.05) is 14.2 Å². The standard InChI is InChI=1S/C14H20N2O3/c1-9-11(18-2)6-5-10(12(9)19-3)14(7-4-8-14)13(17)16-15/h5-6H,4,7-8,15H2,1-3H3,(H,16,17). The highest BCUT2D eigenvalue weighted by atomic mass is 16.5. The number of hydrogen-bond donors (Lipinski definition) is 2. The van der Waals surface area contributed by atoms with Gasteiger partial charge in [0.1, 0.15) is 11.5 Å². The topological polar surface area (TPSA) is 73.6 Å². The number of rotatable bonds is 4. The highest BCUT2D eigenvalue weighted by molar-refractivity contribution is 5.90.